The maximum absolute atomic E-state index is 13.2. The Morgan fingerprint density at radius 1 is 1.17 bits per heavy atom. The average molecular weight is 477 g/mol. The predicted octanol–water partition coefficient (Wildman–Crippen LogP) is 4.63. The van der Waals surface area contributed by atoms with Crippen LogP contribution < -0.4 is 4.74 Å². The third-order valence-corrected chi connectivity index (χ3v) is 7.43. The molecule has 3 rings (SSSR count). The first-order valence-corrected chi connectivity index (χ1v) is 12.0. The first-order chi connectivity index (χ1) is 13.7. The SMILES string of the molecule is C[C@@H](Oc1ccc(Cl)cc1Cl)C(=O)N(Cc1ccccc1Cl)[C@@H]1CCS(=O)(=O)C1. The molecule has 0 spiro atoms. The summed E-state index contributed by atoms with van der Waals surface area (Å²) in [5.41, 5.74) is 0.739. The van der Waals surface area contributed by atoms with Gasteiger partial charge in [0, 0.05) is 22.6 Å². The Labute approximate surface area is 185 Å². The van der Waals surface area contributed by atoms with E-state index in [1.165, 1.54) is 6.07 Å². The van der Waals surface area contributed by atoms with E-state index in [9.17, 15) is 13.2 Å². The first kappa shape index (κ1) is 22.2. The first-order valence-electron chi connectivity index (χ1n) is 9.02. The van der Waals surface area contributed by atoms with Crippen molar-refractivity contribution in [3.63, 3.8) is 0 Å². The van der Waals surface area contributed by atoms with Crippen LogP contribution in [0.4, 0.5) is 0 Å². The molecule has 1 aliphatic heterocycles. The molecule has 2 aromatic carbocycles. The highest BCUT2D eigenvalue weighted by atomic mass is 35.5. The molecule has 0 radical (unpaired) electrons. The summed E-state index contributed by atoms with van der Waals surface area (Å²) in [6.45, 7) is 1.80. The number of ether oxygens (including phenoxy) is 1. The van der Waals surface area contributed by atoms with E-state index in [0.29, 0.717) is 27.2 Å². The second-order valence-electron chi connectivity index (χ2n) is 6.95. The number of benzene rings is 2. The van der Waals surface area contributed by atoms with Gasteiger partial charge in [-0.3, -0.25) is 4.79 Å². The highest BCUT2D eigenvalue weighted by Gasteiger charge is 2.37. The van der Waals surface area contributed by atoms with Crippen LogP contribution in [0.15, 0.2) is 42.5 Å². The van der Waals surface area contributed by atoms with Gasteiger partial charge in [0.25, 0.3) is 5.91 Å². The molecule has 2 atom stereocenters. The molecule has 0 bridgehead atoms. The van der Waals surface area contributed by atoms with Crippen molar-refractivity contribution in [2.75, 3.05) is 11.5 Å². The van der Waals surface area contributed by atoms with Gasteiger partial charge in [0.2, 0.25) is 0 Å². The van der Waals surface area contributed by atoms with Gasteiger partial charge in [0.15, 0.2) is 15.9 Å². The highest BCUT2D eigenvalue weighted by Crippen LogP contribution is 2.29. The normalized spacial score (nSPS) is 19.0. The molecule has 9 heteroatoms. The molecule has 1 heterocycles. The van der Waals surface area contributed by atoms with Gasteiger partial charge in [-0.25, -0.2) is 8.42 Å². The highest BCUT2D eigenvalue weighted by molar-refractivity contribution is 7.91. The lowest BCUT2D eigenvalue weighted by Crippen LogP contribution is -2.46. The van der Waals surface area contributed by atoms with Crippen molar-refractivity contribution >= 4 is 50.5 Å². The Hall–Kier alpha value is -1.47. The summed E-state index contributed by atoms with van der Waals surface area (Å²) < 4.78 is 29.8. The molecule has 0 N–H and O–H groups in total. The summed E-state index contributed by atoms with van der Waals surface area (Å²) in [4.78, 5) is 14.8. The fourth-order valence-corrected chi connectivity index (χ4v) is 5.64. The third kappa shape index (κ3) is 5.57. The Kier molecular flexibility index (Phi) is 6.99. The van der Waals surface area contributed by atoms with E-state index < -0.39 is 22.0 Å². The van der Waals surface area contributed by atoms with Crippen molar-refractivity contribution < 1.29 is 17.9 Å². The molecule has 2 aromatic rings. The van der Waals surface area contributed by atoms with Crippen LogP contribution in [0, 0.1) is 0 Å². The topological polar surface area (TPSA) is 63.7 Å². The quantitative estimate of drug-likeness (QED) is 0.610. The lowest BCUT2D eigenvalue weighted by Gasteiger charge is -2.31. The molecule has 156 valence electrons. The summed E-state index contributed by atoms with van der Waals surface area (Å²) in [6.07, 6.45) is -0.494. The van der Waals surface area contributed by atoms with Gasteiger partial charge in [-0.2, -0.15) is 0 Å². The second kappa shape index (κ2) is 9.13. The Bertz CT molecular complexity index is 1010. The molecular formula is C20H20Cl3NO4S. The fourth-order valence-electron chi connectivity index (χ4n) is 3.26. The standard InChI is InChI=1S/C20H20Cl3NO4S/c1-13(28-19-7-6-15(21)10-18(19)23)20(25)24(16-8-9-29(26,27)12-16)11-14-4-2-3-5-17(14)22/h2-7,10,13,16H,8-9,11-12H2,1H3/t13-,16-/m1/s1. The van der Waals surface area contributed by atoms with Crippen LogP contribution in [-0.4, -0.2) is 42.9 Å². The summed E-state index contributed by atoms with van der Waals surface area (Å²) in [5, 5.41) is 1.26. The molecule has 1 fully saturated rings. The van der Waals surface area contributed by atoms with Crippen molar-refractivity contribution in [1.82, 2.24) is 4.90 Å². The van der Waals surface area contributed by atoms with Gasteiger partial charge in [0.05, 0.1) is 16.5 Å². The van der Waals surface area contributed by atoms with Crippen LogP contribution in [0.2, 0.25) is 15.1 Å². The molecule has 0 saturated carbocycles. The largest absolute Gasteiger partial charge is 0.479 e. The van der Waals surface area contributed by atoms with Gasteiger partial charge in [0.1, 0.15) is 5.75 Å². The second-order valence-corrected chi connectivity index (χ2v) is 10.4. The number of halogens is 3. The zero-order chi connectivity index (χ0) is 21.2. The number of sulfone groups is 1. The zero-order valence-corrected chi connectivity index (χ0v) is 18.7. The number of hydrogen-bond donors (Lipinski definition) is 0. The summed E-state index contributed by atoms with van der Waals surface area (Å²) >= 11 is 18.3. The number of carbonyl (C=O) groups excluding carboxylic acids is 1. The Balaban J connectivity index is 1.84. The van der Waals surface area contributed by atoms with E-state index in [1.807, 2.05) is 12.1 Å². The summed E-state index contributed by atoms with van der Waals surface area (Å²) in [7, 11) is -3.18. The monoisotopic (exact) mass is 475 g/mol. The maximum Gasteiger partial charge on any atom is 0.263 e. The number of amides is 1. The van der Waals surface area contributed by atoms with Gasteiger partial charge in [-0.1, -0.05) is 53.0 Å². The lowest BCUT2D eigenvalue weighted by molar-refractivity contribution is -0.140. The number of hydrogen-bond acceptors (Lipinski definition) is 4. The minimum absolute atomic E-state index is 0.0578. The molecule has 0 unspecified atom stereocenters. The molecule has 1 saturated heterocycles. The van der Waals surface area contributed by atoms with Crippen LogP contribution in [0.25, 0.3) is 0 Å². The number of carbonyl (C=O) groups is 1. The molecule has 5 nitrogen and oxygen atoms in total. The Morgan fingerprint density at radius 3 is 2.52 bits per heavy atom. The van der Waals surface area contributed by atoms with Crippen molar-refractivity contribution in [1.29, 1.82) is 0 Å². The average Bonchev–Trinajstić information content (AvgIpc) is 3.02. The summed E-state index contributed by atoms with van der Waals surface area (Å²) in [5.74, 6) is -0.0217. The zero-order valence-electron chi connectivity index (χ0n) is 15.6. The molecular weight excluding hydrogens is 457 g/mol. The van der Waals surface area contributed by atoms with Crippen LogP contribution in [0.1, 0.15) is 18.9 Å². The maximum atomic E-state index is 13.2. The predicted molar refractivity (Wildman–Crippen MR) is 116 cm³/mol. The van der Waals surface area contributed by atoms with Crippen molar-refractivity contribution in [2.45, 2.75) is 32.0 Å². The minimum atomic E-state index is -3.18. The van der Waals surface area contributed by atoms with Gasteiger partial charge in [-0.05, 0) is 43.2 Å². The molecule has 0 aliphatic carbocycles. The molecule has 29 heavy (non-hydrogen) atoms. The molecule has 1 aliphatic rings. The Morgan fingerprint density at radius 2 is 1.90 bits per heavy atom. The van der Waals surface area contributed by atoms with Crippen molar-refractivity contribution in [3.8, 4) is 5.75 Å². The van der Waals surface area contributed by atoms with Crippen LogP contribution in [-0.2, 0) is 21.2 Å². The van der Waals surface area contributed by atoms with Gasteiger partial charge >= 0.3 is 0 Å². The number of rotatable bonds is 6. The smallest absolute Gasteiger partial charge is 0.263 e. The third-order valence-electron chi connectivity index (χ3n) is 4.78. The molecule has 0 aromatic heterocycles. The van der Waals surface area contributed by atoms with Gasteiger partial charge < -0.3 is 9.64 Å². The van der Waals surface area contributed by atoms with E-state index in [-0.39, 0.29) is 24.0 Å². The minimum Gasteiger partial charge on any atom is -0.479 e. The van der Waals surface area contributed by atoms with Crippen LogP contribution in [0.5, 0.6) is 5.75 Å². The summed E-state index contributed by atoms with van der Waals surface area (Å²) in [6, 6.07) is 11.5. The van der Waals surface area contributed by atoms with Gasteiger partial charge in [-0.15, -0.1) is 0 Å². The van der Waals surface area contributed by atoms with E-state index in [1.54, 1.807) is 36.1 Å². The van der Waals surface area contributed by atoms with E-state index >= 15 is 0 Å². The van der Waals surface area contributed by atoms with Crippen LogP contribution in [0.3, 0.4) is 0 Å². The van der Waals surface area contributed by atoms with Crippen LogP contribution >= 0.6 is 34.8 Å². The van der Waals surface area contributed by atoms with E-state index in [2.05, 4.69) is 0 Å². The molecule has 1 amide bonds. The number of nitrogens with zero attached hydrogens (tertiary/aromatic N) is 1. The fraction of sp³-hybridized carbons (Fsp3) is 0.350. The lowest BCUT2D eigenvalue weighted by atomic mass is 10.1. The van der Waals surface area contributed by atoms with Crippen molar-refractivity contribution in [2.24, 2.45) is 0 Å². The van der Waals surface area contributed by atoms with E-state index in [4.69, 9.17) is 39.5 Å². The van der Waals surface area contributed by atoms with E-state index in [0.717, 1.165) is 5.56 Å². The van der Waals surface area contributed by atoms with Crippen molar-refractivity contribution in [3.05, 3.63) is 63.1 Å².